The Morgan fingerprint density at radius 3 is 2.73 bits per heavy atom. The van der Waals surface area contributed by atoms with E-state index in [1.807, 2.05) is 35.0 Å². The van der Waals surface area contributed by atoms with E-state index in [2.05, 4.69) is 6.58 Å². The monoisotopic (exact) mass is 422 g/mol. The van der Waals surface area contributed by atoms with E-state index >= 15 is 0 Å². The van der Waals surface area contributed by atoms with Gasteiger partial charge >= 0.3 is 5.97 Å². The Kier molecular flexibility index (Phi) is 5.09. The number of hydrogen-bond acceptors (Lipinski definition) is 5. The lowest BCUT2D eigenvalue weighted by molar-refractivity contribution is -0.123. The van der Waals surface area contributed by atoms with Crippen LogP contribution >= 0.6 is 11.8 Å². The molecule has 3 heterocycles. The fourth-order valence-electron chi connectivity index (χ4n) is 3.34. The van der Waals surface area contributed by atoms with Crippen molar-refractivity contribution in [1.29, 1.82) is 0 Å². The fourth-order valence-corrected chi connectivity index (χ4v) is 4.25. The summed E-state index contributed by atoms with van der Waals surface area (Å²) in [6.45, 7) is 5.73. The molecule has 3 aromatic rings. The van der Waals surface area contributed by atoms with Crippen molar-refractivity contribution in [3.8, 4) is 0 Å². The number of aromatic nitrogens is 1. The van der Waals surface area contributed by atoms with Crippen LogP contribution in [0.4, 0.5) is 4.79 Å². The van der Waals surface area contributed by atoms with Gasteiger partial charge in [-0.25, -0.2) is 4.79 Å². The van der Waals surface area contributed by atoms with Gasteiger partial charge in [-0.15, -0.1) is 6.58 Å². The Bertz CT molecular complexity index is 1220. The maximum atomic E-state index is 12.7. The van der Waals surface area contributed by atoms with Crippen molar-refractivity contribution in [2.24, 2.45) is 0 Å². The van der Waals surface area contributed by atoms with Crippen LogP contribution in [0.2, 0.25) is 0 Å². The lowest BCUT2D eigenvalue weighted by Gasteiger charge is -2.17. The number of carboxylic acids is 1. The maximum absolute atomic E-state index is 12.7. The number of benzene rings is 1. The Hall–Kier alpha value is -3.52. The predicted octanol–water partition coefficient (Wildman–Crippen LogP) is 4.59. The first-order chi connectivity index (χ1) is 14.4. The zero-order valence-corrected chi connectivity index (χ0v) is 16.9. The van der Waals surface area contributed by atoms with E-state index in [0.29, 0.717) is 17.2 Å². The van der Waals surface area contributed by atoms with Gasteiger partial charge in [-0.05, 0) is 43.0 Å². The molecule has 1 fully saturated rings. The van der Waals surface area contributed by atoms with E-state index in [4.69, 9.17) is 9.52 Å². The van der Waals surface area contributed by atoms with Crippen LogP contribution < -0.4 is 0 Å². The zero-order chi connectivity index (χ0) is 21.4. The number of para-hydroxylation sites is 1. The van der Waals surface area contributed by atoms with Crippen LogP contribution in [0.1, 0.15) is 28.8 Å². The smallest absolute Gasteiger partial charge is 0.371 e. The first-order valence-corrected chi connectivity index (χ1v) is 10.00. The summed E-state index contributed by atoms with van der Waals surface area (Å²) < 4.78 is 7.29. The van der Waals surface area contributed by atoms with Crippen molar-refractivity contribution in [1.82, 2.24) is 9.47 Å². The molecule has 7 nitrogen and oxygen atoms in total. The normalized spacial score (nSPS) is 16.6. The van der Waals surface area contributed by atoms with Gasteiger partial charge in [0.05, 0.1) is 17.5 Å². The third-order valence-corrected chi connectivity index (χ3v) is 5.76. The second-order valence-electron chi connectivity index (χ2n) is 6.83. The molecule has 2 aromatic heterocycles. The number of nitrogens with zero attached hydrogens (tertiary/aromatic N) is 2. The summed E-state index contributed by atoms with van der Waals surface area (Å²) in [5, 5.41) is 9.63. The van der Waals surface area contributed by atoms with Gasteiger partial charge in [0.15, 0.2) is 0 Å². The van der Waals surface area contributed by atoms with E-state index in [1.54, 1.807) is 25.1 Å². The number of imide groups is 1. The van der Waals surface area contributed by atoms with Crippen LogP contribution in [0.25, 0.3) is 17.0 Å². The molecule has 30 heavy (non-hydrogen) atoms. The minimum Gasteiger partial charge on any atom is -0.475 e. The van der Waals surface area contributed by atoms with Crippen molar-refractivity contribution >= 4 is 45.9 Å². The van der Waals surface area contributed by atoms with Crippen LogP contribution in [-0.2, 0) is 11.3 Å². The molecule has 0 unspecified atom stereocenters. The molecule has 0 radical (unpaired) electrons. The lowest BCUT2D eigenvalue weighted by Crippen LogP contribution is -2.35. The van der Waals surface area contributed by atoms with Gasteiger partial charge in [-0.3, -0.25) is 14.5 Å². The molecule has 152 valence electrons. The number of fused-ring (bicyclic) bond motifs is 1. The molecule has 1 atom stereocenters. The summed E-state index contributed by atoms with van der Waals surface area (Å²) in [5.41, 5.74) is 1.68. The van der Waals surface area contributed by atoms with Crippen LogP contribution in [0, 0.1) is 0 Å². The standard InChI is InChI=1S/C22H18N2O5S/c1-3-13(2)24-20(25)19(30-22(24)28)10-14-11-23(17-7-5-4-6-16(14)17)12-15-8-9-18(29-15)21(26)27/h3-11,13H,1,12H2,2H3,(H,26,27)/b19-10-/t13-/m1/s1. The van der Waals surface area contributed by atoms with Gasteiger partial charge in [0.1, 0.15) is 5.76 Å². The number of hydrogen-bond donors (Lipinski definition) is 1. The number of furan rings is 1. The molecule has 1 aromatic carbocycles. The van der Waals surface area contributed by atoms with Gasteiger partial charge in [0, 0.05) is 22.7 Å². The third kappa shape index (κ3) is 3.46. The van der Waals surface area contributed by atoms with E-state index in [1.165, 1.54) is 11.0 Å². The van der Waals surface area contributed by atoms with Crippen LogP contribution in [0.15, 0.2) is 64.6 Å². The minimum absolute atomic E-state index is 0.119. The van der Waals surface area contributed by atoms with E-state index in [-0.39, 0.29) is 22.9 Å². The SMILES string of the molecule is C=C[C@@H](C)N1C(=O)S/C(=C\c2cn(Cc3ccc(C(=O)O)o3)c3ccccc23)C1=O. The topological polar surface area (TPSA) is 92.8 Å². The van der Waals surface area contributed by atoms with E-state index in [9.17, 15) is 14.4 Å². The van der Waals surface area contributed by atoms with Gasteiger partial charge in [-0.2, -0.15) is 0 Å². The Labute approximate surface area is 176 Å². The number of carboxylic acid groups (broad SMARTS) is 1. The minimum atomic E-state index is -1.12. The molecule has 1 N–H and O–H groups in total. The number of carbonyl (C=O) groups excluding carboxylic acids is 2. The molecular formula is C22H18N2O5S. The molecule has 8 heteroatoms. The predicted molar refractivity (Wildman–Crippen MR) is 114 cm³/mol. The lowest BCUT2D eigenvalue weighted by atomic mass is 10.1. The second-order valence-corrected chi connectivity index (χ2v) is 7.82. The molecule has 4 rings (SSSR count). The Balaban J connectivity index is 1.71. The van der Waals surface area contributed by atoms with Gasteiger partial charge < -0.3 is 14.1 Å². The first-order valence-electron chi connectivity index (χ1n) is 9.18. The number of carbonyl (C=O) groups is 3. The van der Waals surface area contributed by atoms with Crippen molar-refractivity contribution < 1.29 is 23.9 Å². The Morgan fingerprint density at radius 1 is 1.27 bits per heavy atom. The fraction of sp³-hybridized carbons (Fsp3) is 0.136. The molecule has 1 aliphatic heterocycles. The summed E-state index contributed by atoms with van der Waals surface area (Å²) in [7, 11) is 0. The van der Waals surface area contributed by atoms with Gasteiger partial charge in [0.2, 0.25) is 5.76 Å². The quantitative estimate of drug-likeness (QED) is 0.461. The maximum Gasteiger partial charge on any atom is 0.371 e. The third-order valence-electron chi connectivity index (χ3n) is 4.88. The second kappa shape index (κ2) is 7.72. The number of rotatable bonds is 6. The van der Waals surface area contributed by atoms with Crippen molar-refractivity contribution in [3.63, 3.8) is 0 Å². The van der Waals surface area contributed by atoms with Gasteiger partial charge in [0.25, 0.3) is 11.1 Å². The van der Waals surface area contributed by atoms with Crippen molar-refractivity contribution in [2.45, 2.75) is 19.5 Å². The molecule has 0 spiro atoms. The molecule has 0 saturated carbocycles. The summed E-state index contributed by atoms with van der Waals surface area (Å²) in [5.74, 6) is -1.08. The number of aromatic carboxylic acids is 1. The number of thioether (sulfide) groups is 1. The van der Waals surface area contributed by atoms with Crippen LogP contribution in [-0.4, -0.2) is 37.7 Å². The number of amides is 2. The highest BCUT2D eigenvalue weighted by molar-refractivity contribution is 8.18. The highest BCUT2D eigenvalue weighted by Gasteiger charge is 2.37. The van der Waals surface area contributed by atoms with E-state index < -0.39 is 5.97 Å². The molecule has 1 aliphatic rings. The largest absolute Gasteiger partial charge is 0.475 e. The van der Waals surface area contributed by atoms with E-state index in [0.717, 1.165) is 28.2 Å². The summed E-state index contributed by atoms with van der Waals surface area (Å²) in [6, 6.07) is 10.3. The van der Waals surface area contributed by atoms with Crippen molar-refractivity contribution in [2.75, 3.05) is 0 Å². The highest BCUT2D eigenvalue weighted by Crippen LogP contribution is 2.35. The highest BCUT2D eigenvalue weighted by atomic mass is 32.2. The molecule has 0 aliphatic carbocycles. The van der Waals surface area contributed by atoms with Crippen LogP contribution in [0.5, 0.6) is 0 Å². The van der Waals surface area contributed by atoms with Crippen LogP contribution in [0.3, 0.4) is 0 Å². The van der Waals surface area contributed by atoms with Crippen molar-refractivity contribution in [3.05, 3.63) is 77.2 Å². The average molecular weight is 422 g/mol. The molecule has 1 saturated heterocycles. The summed E-state index contributed by atoms with van der Waals surface area (Å²) >= 11 is 0.906. The molecular weight excluding hydrogens is 404 g/mol. The summed E-state index contributed by atoms with van der Waals surface area (Å²) in [6.07, 6.45) is 5.13. The summed E-state index contributed by atoms with van der Waals surface area (Å²) in [4.78, 5) is 37.6. The Morgan fingerprint density at radius 2 is 2.03 bits per heavy atom. The average Bonchev–Trinajstić information content (AvgIpc) is 3.40. The molecule has 0 bridgehead atoms. The zero-order valence-electron chi connectivity index (χ0n) is 16.1. The first kappa shape index (κ1) is 19.8. The van der Waals surface area contributed by atoms with Gasteiger partial charge in [-0.1, -0.05) is 24.3 Å². The molecule has 2 amide bonds.